The predicted molar refractivity (Wildman–Crippen MR) is 109 cm³/mol. The van der Waals surface area contributed by atoms with Gasteiger partial charge in [-0.3, -0.25) is 34.9 Å². The molecule has 0 radical (unpaired) electrons. The van der Waals surface area contributed by atoms with Crippen LogP contribution in [-0.4, -0.2) is 48.2 Å². The van der Waals surface area contributed by atoms with Crippen molar-refractivity contribution in [1.82, 2.24) is 15.8 Å². The van der Waals surface area contributed by atoms with Gasteiger partial charge < -0.3 is 4.90 Å². The molecule has 2 aromatic carbocycles. The highest BCUT2D eigenvalue weighted by atomic mass is 16.2. The maximum Gasteiger partial charge on any atom is 0.261 e. The SMILES string of the molecule is O=C(CN1C(=O)Cc2ccccc2C1=O)NNC(=O)CN1CCCc2ccccc21. The molecule has 0 atom stereocenters. The molecule has 0 saturated carbocycles. The number of benzene rings is 2. The molecule has 0 bridgehead atoms. The van der Waals surface area contributed by atoms with Gasteiger partial charge in [0.1, 0.15) is 6.54 Å². The van der Waals surface area contributed by atoms with E-state index in [4.69, 9.17) is 0 Å². The molecule has 154 valence electrons. The van der Waals surface area contributed by atoms with Gasteiger partial charge in [0.25, 0.3) is 17.7 Å². The van der Waals surface area contributed by atoms with E-state index in [-0.39, 0.29) is 18.9 Å². The molecule has 0 aliphatic carbocycles. The third-order valence-corrected chi connectivity index (χ3v) is 5.32. The number of para-hydroxylation sites is 1. The number of carbonyl (C=O) groups excluding carboxylic acids is 4. The fourth-order valence-corrected chi connectivity index (χ4v) is 3.87. The molecule has 8 nitrogen and oxygen atoms in total. The second-order valence-corrected chi connectivity index (χ2v) is 7.37. The number of hydrogen-bond acceptors (Lipinski definition) is 5. The number of nitrogens with zero attached hydrogens (tertiary/aromatic N) is 2. The number of carbonyl (C=O) groups is 4. The lowest BCUT2D eigenvalue weighted by Crippen LogP contribution is -2.52. The smallest absolute Gasteiger partial charge is 0.261 e. The highest BCUT2D eigenvalue weighted by Crippen LogP contribution is 2.26. The van der Waals surface area contributed by atoms with Crippen LogP contribution < -0.4 is 15.8 Å². The van der Waals surface area contributed by atoms with Crippen LogP contribution in [0.3, 0.4) is 0 Å². The van der Waals surface area contributed by atoms with Crippen LogP contribution in [0.1, 0.15) is 27.9 Å². The van der Waals surface area contributed by atoms with Gasteiger partial charge in [-0.1, -0.05) is 36.4 Å². The van der Waals surface area contributed by atoms with Crippen molar-refractivity contribution in [1.29, 1.82) is 0 Å². The number of amides is 4. The minimum Gasteiger partial charge on any atom is -0.362 e. The molecule has 2 N–H and O–H groups in total. The van der Waals surface area contributed by atoms with Crippen LogP contribution in [0, 0.1) is 0 Å². The summed E-state index contributed by atoms with van der Waals surface area (Å²) in [5.74, 6) is -1.96. The van der Waals surface area contributed by atoms with Gasteiger partial charge in [-0.2, -0.15) is 0 Å². The Morgan fingerprint density at radius 1 is 0.867 bits per heavy atom. The molecule has 30 heavy (non-hydrogen) atoms. The minimum atomic E-state index is -0.636. The Labute approximate surface area is 173 Å². The quantitative estimate of drug-likeness (QED) is 0.578. The number of nitrogens with one attached hydrogen (secondary N) is 2. The molecule has 2 aliphatic heterocycles. The Kier molecular flexibility index (Phi) is 5.47. The molecule has 2 aliphatic rings. The lowest BCUT2D eigenvalue weighted by atomic mass is 9.98. The molecule has 0 aromatic heterocycles. The number of aryl methyl sites for hydroxylation is 1. The summed E-state index contributed by atoms with van der Waals surface area (Å²) >= 11 is 0. The fraction of sp³-hybridized carbons (Fsp3) is 0.273. The first-order valence-electron chi connectivity index (χ1n) is 9.86. The molecule has 4 rings (SSSR count). The molecular formula is C22H22N4O4. The van der Waals surface area contributed by atoms with E-state index in [0.717, 1.165) is 30.0 Å². The van der Waals surface area contributed by atoms with Gasteiger partial charge in [0.05, 0.1) is 13.0 Å². The largest absolute Gasteiger partial charge is 0.362 e. The first-order valence-corrected chi connectivity index (χ1v) is 9.86. The van der Waals surface area contributed by atoms with E-state index in [1.54, 1.807) is 24.3 Å². The Balaban J connectivity index is 1.31. The second-order valence-electron chi connectivity index (χ2n) is 7.37. The van der Waals surface area contributed by atoms with Gasteiger partial charge in [-0.05, 0) is 36.1 Å². The van der Waals surface area contributed by atoms with Crippen LogP contribution in [0.25, 0.3) is 0 Å². The van der Waals surface area contributed by atoms with Gasteiger partial charge in [0.15, 0.2) is 0 Å². The van der Waals surface area contributed by atoms with Crippen LogP contribution in [-0.2, 0) is 27.2 Å². The fourth-order valence-electron chi connectivity index (χ4n) is 3.87. The third kappa shape index (κ3) is 4.03. The van der Waals surface area contributed by atoms with Crippen molar-refractivity contribution in [2.24, 2.45) is 0 Å². The third-order valence-electron chi connectivity index (χ3n) is 5.32. The van der Waals surface area contributed by atoms with Crippen molar-refractivity contribution < 1.29 is 19.2 Å². The van der Waals surface area contributed by atoms with Crippen molar-refractivity contribution in [3.05, 3.63) is 65.2 Å². The van der Waals surface area contributed by atoms with Crippen LogP contribution in [0.15, 0.2) is 48.5 Å². The van der Waals surface area contributed by atoms with Crippen LogP contribution in [0.5, 0.6) is 0 Å². The Hall–Kier alpha value is -3.68. The number of fused-ring (bicyclic) bond motifs is 2. The Morgan fingerprint density at radius 3 is 2.33 bits per heavy atom. The molecule has 0 fully saturated rings. The van der Waals surface area contributed by atoms with Crippen molar-refractivity contribution in [2.45, 2.75) is 19.3 Å². The summed E-state index contributed by atoms with van der Waals surface area (Å²) in [6.07, 6.45) is 2.00. The minimum absolute atomic E-state index is 0.0654. The summed E-state index contributed by atoms with van der Waals surface area (Å²) in [6.45, 7) is 0.416. The average molecular weight is 406 g/mol. The number of imide groups is 1. The zero-order valence-corrected chi connectivity index (χ0v) is 16.4. The summed E-state index contributed by atoms with van der Waals surface area (Å²) in [5, 5.41) is 0. The maximum atomic E-state index is 12.5. The zero-order valence-electron chi connectivity index (χ0n) is 16.4. The number of hydrogen-bond donors (Lipinski definition) is 2. The van der Waals surface area contributed by atoms with Gasteiger partial charge in [0, 0.05) is 17.8 Å². The monoisotopic (exact) mass is 406 g/mol. The highest BCUT2D eigenvalue weighted by Gasteiger charge is 2.32. The molecular weight excluding hydrogens is 384 g/mol. The van der Waals surface area contributed by atoms with E-state index in [2.05, 4.69) is 10.9 Å². The molecule has 0 spiro atoms. The molecule has 0 saturated heterocycles. The number of hydrazine groups is 1. The first-order chi connectivity index (χ1) is 14.5. The summed E-state index contributed by atoms with van der Waals surface area (Å²) in [4.78, 5) is 52.2. The van der Waals surface area contributed by atoms with Crippen molar-refractivity contribution >= 4 is 29.3 Å². The van der Waals surface area contributed by atoms with Crippen molar-refractivity contribution in [2.75, 3.05) is 24.5 Å². The van der Waals surface area contributed by atoms with Gasteiger partial charge >= 0.3 is 0 Å². The first kappa shape index (κ1) is 19.6. The van der Waals surface area contributed by atoms with E-state index in [0.29, 0.717) is 11.1 Å². The molecule has 0 unspecified atom stereocenters. The van der Waals surface area contributed by atoms with Gasteiger partial charge in [-0.15, -0.1) is 0 Å². The van der Waals surface area contributed by atoms with Gasteiger partial charge in [0.2, 0.25) is 5.91 Å². The van der Waals surface area contributed by atoms with Crippen LogP contribution in [0.4, 0.5) is 5.69 Å². The van der Waals surface area contributed by atoms with E-state index in [1.807, 2.05) is 29.2 Å². The lowest BCUT2D eigenvalue weighted by molar-refractivity contribution is -0.134. The summed E-state index contributed by atoms with van der Waals surface area (Å²) in [5.41, 5.74) is 7.95. The molecule has 2 aromatic rings. The standard InChI is InChI=1S/C22H22N4O4/c27-19(13-25-11-5-8-15-6-2-4-10-18(15)25)23-24-20(28)14-26-21(29)12-16-7-1-3-9-17(16)22(26)30/h1-4,6-7,9-10H,5,8,11-14H2,(H,23,27)(H,24,28). The predicted octanol–water partition coefficient (Wildman–Crippen LogP) is 0.812. The maximum absolute atomic E-state index is 12.5. The topological polar surface area (TPSA) is 98.8 Å². The van der Waals surface area contributed by atoms with E-state index in [9.17, 15) is 19.2 Å². The molecule has 4 amide bonds. The normalized spacial score (nSPS) is 15.3. The Morgan fingerprint density at radius 2 is 1.53 bits per heavy atom. The Bertz CT molecular complexity index is 1020. The van der Waals surface area contributed by atoms with Crippen molar-refractivity contribution in [3.63, 3.8) is 0 Å². The summed E-state index contributed by atoms with van der Waals surface area (Å²) in [6, 6.07) is 14.8. The summed E-state index contributed by atoms with van der Waals surface area (Å²) in [7, 11) is 0. The lowest BCUT2D eigenvalue weighted by Gasteiger charge is -2.30. The van der Waals surface area contributed by atoms with Crippen LogP contribution in [0.2, 0.25) is 0 Å². The zero-order chi connectivity index (χ0) is 21.1. The average Bonchev–Trinajstić information content (AvgIpc) is 2.75. The highest BCUT2D eigenvalue weighted by molar-refractivity contribution is 6.11. The number of anilines is 1. The van der Waals surface area contributed by atoms with E-state index in [1.165, 1.54) is 5.56 Å². The van der Waals surface area contributed by atoms with E-state index >= 15 is 0 Å². The van der Waals surface area contributed by atoms with E-state index < -0.39 is 24.3 Å². The van der Waals surface area contributed by atoms with Crippen molar-refractivity contribution in [3.8, 4) is 0 Å². The molecule has 2 heterocycles. The summed E-state index contributed by atoms with van der Waals surface area (Å²) < 4.78 is 0. The second kappa shape index (κ2) is 8.36. The van der Waals surface area contributed by atoms with Crippen LogP contribution >= 0.6 is 0 Å². The molecule has 8 heteroatoms. The number of rotatable bonds is 4. The van der Waals surface area contributed by atoms with Gasteiger partial charge in [-0.25, -0.2) is 0 Å².